The Hall–Kier alpha value is -0.430. The van der Waals surface area contributed by atoms with E-state index in [9.17, 15) is 8.42 Å². The van der Waals surface area contributed by atoms with Crippen molar-refractivity contribution in [2.45, 2.75) is 37.2 Å². The lowest BCUT2D eigenvalue weighted by atomic mass is 10.2. The summed E-state index contributed by atoms with van der Waals surface area (Å²) in [6.45, 7) is 3.57. The van der Waals surface area contributed by atoms with Crippen molar-refractivity contribution in [3.05, 3.63) is 28.2 Å². The molecule has 1 aromatic carbocycles. The summed E-state index contributed by atoms with van der Waals surface area (Å²) in [5.41, 5.74) is 0.979. The average molecular weight is 347 g/mol. The van der Waals surface area contributed by atoms with Gasteiger partial charge in [0.25, 0.3) is 0 Å². The Morgan fingerprint density at radius 2 is 2.11 bits per heavy atom. The van der Waals surface area contributed by atoms with Crippen molar-refractivity contribution in [2.24, 2.45) is 0 Å². The summed E-state index contributed by atoms with van der Waals surface area (Å²) in [5.74, 6) is 0. The van der Waals surface area contributed by atoms with E-state index in [2.05, 4.69) is 21.2 Å². The molecule has 19 heavy (non-hydrogen) atoms. The van der Waals surface area contributed by atoms with Crippen molar-refractivity contribution in [2.75, 3.05) is 13.6 Å². The molecule has 106 valence electrons. The third kappa shape index (κ3) is 3.37. The van der Waals surface area contributed by atoms with Gasteiger partial charge in [0.2, 0.25) is 10.0 Å². The minimum absolute atomic E-state index is 0.175. The molecular formula is C13H19BrN2O2S. The van der Waals surface area contributed by atoms with Gasteiger partial charge in [0, 0.05) is 24.1 Å². The van der Waals surface area contributed by atoms with Gasteiger partial charge in [-0.3, -0.25) is 0 Å². The first kappa shape index (κ1) is 15.0. The predicted molar refractivity (Wildman–Crippen MR) is 79.5 cm³/mol. The van der Waals surface area contributed by atoms with E-state index in [1.165, 1.54) is 4.31 Å². The summed E-state index contributed by atoms with van der Waals surface area (Å²) in [7, 11) is -1.73. The topological polar surface area (TPSA) is 49.4 Å². The predicted octanol–water partition coefficient (Wildman–Crippen LogP) is 2.34. The van der Waals surface area contributed by atoms with Crippen molar-refractivity contribution in [3.63, 3.8) is 0 Å². The van der Waals surface area contributed by atoms with Gasteiger partial charge < -0.3 is 5.32 Å². The molecule has 0 saturated heterocycles. The Bertz CT molecular complexity index is 556. The van der Waals surface area contributed by atoms with Gasteiger partial charge >= 0.3 is 0 Å². The van der Waals surface area contributed by atoms with Crippen LogP contribution >= 0.6 is 15.9 Å². The van der Waals surface area contributed by atoms with E-state index in [4.69, 9.17) is 0 Å². The van der Waals surface area contributed by atoms with Crippen molar-refractivity contribution >= 4 is 26.0 Å². The van der Waals surface area contributed by atoms with E-state index in [0.29, 0.717) is 15.9 Å². The fourth-order valence-electron chi connectivity index (χ4n) is 1.91. The van der Waals surface area contributed by atoms with Gasteiger partial charge in [0.1, 0.15) is 0 Å². The van der Waals surface area contributed by atoms with Gasteiger partial charge in [0.05, 0.1) is 4.90 Å². The molecule has 0 amide bonds. The molecule has 0 spiro atoms. The number of benzene rings is 1. The second-order valence-electron chi connectivity index (χ2n) is 4.80. The maximum absolute atomic E-state index is 12.5. The molecule has 1 fully saturated rings. The van der Waals surface area contributed by atoms with Crippen molar-refractivity contribution in [1.29, 1.82) is 0 Å². The van der Waals surface area contributed by atoms with E-state index in [0.717, 1.165) is 24.9 Å². The molecule has 1 aromatic rings. The molecule has 0 heterocycles. The Morgan fingerprint density at radius 1 is 1.42 bits per heavy atom. The van der Waals surface area contributed by atoms with Crippen molar-refractivity contribution < 1.29 is 8.42 Å². The third-order valence-corrected chi connectivity index (χ3v) is 6.20. The highest BCUT2D eigenvalue weighted by molar-refractivity contribution is 9.10. The Labute approximate surface area is 123 Å². The van der Waals surface area contributed by atoms with E-state index in [1.807, 2.05) is 13.0 Å². The number of nitrogens with zero attached hydrogens (tertiary/aromatic N) is 1. The maximum atomic E-state index is 12.5. The Morgan fingerprint density at radius 3 is 2.68 bits per heavy atom. The lowest BCUT2D eigenvalue weighted by Crippen LogP contribution is -2.29. The van der Waals surface area contributed by atoms with E-state index in [-0.39, 0.29) is 6.04 Å². The normalized spacial score (nSPS) is 16.0. The first-order chi connectivity index (χ1) is 8.96. The third-order valence-electron chi connectivity index (χ3n) is 3.29. The second-order valence-corrected chi connectivity index (χ2v) is 7.62. The standard InChI is InChI=1S/C13H19BrN2O2S/c1-3-15-9-10-4-7-12(14)13(8-10)19(17,18)16(2)11-5-6-11/h4,7-8,11,15H,3,5-6,9H2,1-2H3. The van der Waals surface area contributed by atoms with Crippen molar-refractivity contribution in [1.82, 2.24) is 9.62 Å². The summed E-state index contributed by atoms with van der Waals surface area (Å²) in [5, 5.41) is 3.20. The van der Waals surface area contributed by atoms with Gasteiger partial charge in [-0.05, 0) is 53.0 Å². The summed E-state index contributed by atoms with van der Waals surface area (Å²) in [6.07, 6.45) is 1.93. The minimum atomic E-state index is -3.40. The summed E-state index contributed by atoms with van der Waals surface area (Å²) >= 11 is 3.35. The van der Waals surface area contributed by atoms with Crippen LogP contribution < -0.4 is 5.32 Å². The van der Waals surface area contributed by atoms with Crippen LogP contribution in [0.25, 0.3) is 0 Å². The molecular weight excluding hydrogens is 328 g/mol. The van der Waals surface area contributed by atoms with E-state index < -0.39 is 10.0 Å². The largest absolute Gasteiger partial charge is 0.313 e. The minimum Gasteiger partial charge on any atom is -0.313 e. The van der Waals surface area contributed by atoms with E-state index >= 15 is 0 Å². The highest BCUT2D eigenvalue weighted by Crippen LogP contribution is 2.33. The number of halogens is 1. The first-order valence-corrected chi connectivity index (χ1v) is 8.67. The highest BCUT2D eigenvalue weighted by atomic mass is 79.9. The van der Waals surface area contributed by atoms with Crippen LogP contribution in [0.4, 0.5) is 0 Å². The monoisotopic (exact) mass is 346 g/mol. The lowest BCUT2D eigenvalue weighted by molar-refractivity contribution is 0.463. The van der Waals surface area contributed by atoms with Crippen molar-refractivity contribution in [3.8, 4) is 0 Å². The van der Waals surface area contributed by atoms with Gasteiger partial charge in [0.15, 0.2) is 0 Å². The van der Waals surface area contributed by atoms with Crippen LogP contribution in [0, 0.1) is 0 Å². The molecule has 0 unspecified atom stereocenters. The van der Waals surface area contributed by atoms with Crippen LogP contribution in [0.1, 0.15) is 25.3 Å². The zero-order valence-corrected chi connectivity index (χ0v) is 13.6. The van der Waals surface area contributed by atoms with Crippen LogP contribution in [0.3, 0.4) is 0 Å². The smallest absolute Gasteiger partial charge is 0.244 e. The van der Waals surface area contributed by atoms with Crippen LogP contribution in [-0.4, -0.2) is 32.4 Å². The molecule has 2 rings (SSSR count). The molecule has 0 radical (unpaired) electrons. The molecule has 4 nitrogen and oxygen atoms in total. The fraction of sp³-hybridized carbons (Fsp3) is 0.538. The molecule has 1 N–H and O–H groups in total. The lowest BCUT2D eigenvalue weighted by Gasteiger charge is -2.18. The van der Waals surface area contributed by atoms with Gasteiger partial charge in [-0.15, -0.1) is 0 Å². The SMILES string of the molecule is CCNCc1ccc(Br)c(S(=O)(=O)N(C)C2CC2)c1. The second kappa shape index (κ2) is 5.91. The maximum Gasteiger partial charge on any atom is 0.244 e. The van der Waals surface area contributed by atoms with E-state index in [1.54, 1.807) is 19.2 Å². The van der Waals surface area contributed by atoms with Gasteiger partial charge in [-0.2, -0.15) is 4.31 Å². The van der Waals surface area contributed by atoms with Crippen LogP contribution in [-0.2, 0) is 16.6 Å². The molecule has 0 bridgehead atoms. The molecule has 0 aromatic heterocycles. The summed E-state index contributed by atoms with van der Waals surface area (Å²) < 4.78 is 27.2. The Balaban J connectivity index is 2.31. The number of rotatable bonds is 6. The molecule has 1 aliphatic carbocycles. The number of sulfonamides is 1. The number of hydrogen-bond donors (Lipinski definition) is 1. The molecule has 6 heteroatoms. The van der Waals surface area contributed by atoms with Crippen LogP contribution in [0.5, 0.6) is 0 Å². The number of nitrogens with one attached hydrogen (secondary N) is 1. The number of hydrogen-bond acceptors (Lipinski definition) is 3. The highest BCUT2D eigenvalue weighted by Gasteiger charge is 2.35. The van der Waals surface area contributed by atoms with Crippen LogP contribution in [0.2, 0.25) is 0 Å². The zero-order valence-electron chi connectivity index (χ0n) is 11.2. The molecule has 0 atom stereocenters. The summed E-state index contributed by atoms with van der Waals surface area (Å²) in [6, 6.07) is 5.67. The molecule has 0 aliphatic heterocycles. The first-order valence-electron chi connectivity index (χ1n) is 6.44. The molecule has 1 saturated carbocycles. The van der Waals surface area contributed by atoms with Gasteiger partial charge in [-0.25, -0.2) is 8.42 Å². The quantitative estimate of drug-likeness (QED) is 0.859. The van der Waals surface area contributed by atoms with Gasteiger partial charge in [-0.1, -0.05) is 13.0 Å². The molecule has 1 aliphatic rings. The summed E-state index contributed by atoms with van der Waals surface area (Å²) in [4.78, 5) is 0.359. The zero-order chi connectivity index (χ0) is 14.0. The average Bonchev–Trinajstić information content (AvgIpc) is 3.21. The fourth-order valence-corrected chi connectivity index (χ4v) is 4.30. The van der Waals surface area contributed by atoms with Crippen LogP contribution in [0.15, 0.2) is 27.6 Å². The Kier molecular flexibility index (Phi) is 4.66.